The summed E-state index contributed by atoms with van der Waals surface area (Å²) >= 11 is 0. The third kappa shape index (κ3) is 7.47. The number of ether oxygens (including phenoxy) is 1. The van der Waals surface area contributed by atoms with Crippen molar-refractivity contribution in [1.29, 1.82) is 0 Å². The molecule has 0 spiro atoms. The van der Waals surface area contributed by atoms with Gasteiger partial charge in [-0.15, -0.1) is 0 Å². The molecule has 1 atom stereocenters. The lowest BCUT2D eigenvalue weighted by atomic mass is 10.1. The van der Waals surface area contributed by atoms with E-state index in [1.54, 1.807) is 0 Å². The minimum atomic E-state index is -3.13. The van der Waals surface area contributed by atoms with Crippen molar-refractivity contribution < 1.29 is 17.9 Å². The highest BCUT2D eigenvalue weighted by Gasteiger charge is 2.27. The van der Waals surface area contributed by atoms with Gasteiger partial charge in [0.25, 0.3) is 0 Å². The average molecular weight is 350 g/mol. The second-order valence-electron chi connectivity index (χ2n) is 6.80. The molecule has 0 bridgehead atoms. The summed E-state index contributed by atoms with van der Waals surface area (Å²) in [7, 11) is -3.13. The van der Waals surface area contributed by atoms with Crippen LogP contribution in [-0.4, -0.2) is 80.9 Å². The minimum absolute atomic E-state index is 0.117. The molecule has 1 aliphatic rings. The molecule has 9 heteroatoms. The minimum Gasteiger partial charge on any atom is -0.444 e. The number of hydrogen-bond acceptors (Lipinski definition) is 6. The second-order valence-corrected chi connectivity index (χ2v) is 8.79. The van der Waals surface area contributed by atoms with Crippen molar-refractivity contribution in [2.24, 2.45) is 5.73 Å². The van der Waals surface area contributed by atoms with Gasteiger partial charge >= 0.3 is 6.09 Å². The number of rotatable bonds is 6. The predicted molar refractivity (Wildman–Crippen MR) is 89.7 cm³/mol. The Balaban J connectivity index is 2.37. The van der Waals surface area contributed by atoms with Crippen molar-refractivity contribution in [3.8, 4) is 0 Å². The number of carbonyl (C=O) groups is 1. The zero-order valence-electron chi connectivity index (χ0n) is 14.5. The average Bonchev–Trinajstić information content (AvgIpc) is 2.41. The number of carbonyl (C=O) groups excluding carboxylic acids is 1. The number of amides is 1. The van der Waals surface area contributed by atoms with Gasteiger partial charge in [-0.2, -0.15) is 4.31 Å². The summed E-state index contributed by atoms with van der Waals surface area (Å²) in [6.07, 6.45) is 1.50. The van der Waals surface area contributed by atoms with Crippen LogP contribution in [0.5, 0.6) is 0 Å². The van der Waals surface area contributed by atoms with Crippen LogP contribution in [0.3, 0.4) is 0 Å². The van der Waals surface area contributed by atoms with Crippen LogP contribution in [0.15, 0.2) is 0 Å². The normalized spacial score (nSPS) is 19.3. The highest BCUT2D eigenvalue weighted by Crippen LogP contribution is 2.11. The molecule has 1 heterocycles. The van der Waals surface area contributed by atoms with Crippen LogP contribution >= 0.6 is 0 Å². The molecule has 0 saturated carbocycles. The monoisotopic (exact) mass is 350 g/mol. The van der Waals surface area contributed by atoms with E-state index >= 15 is 0 Å². The smallest absolute Gasteiger partial charge is 0.407 e. The van der Waals surface area contributed by atoms with E-state index in [1.807, 2.05) is 20.8 Å². The Kier molecular flexibility index (Phi) is 7.25. The molecule has 8 nitrogen and oxygen atoms in total. The largest absolute Gasteiger partial charge is 0.444 e. The van der Waals surface area contributed by atoms with Gasteiger partial charge in [0.15, 0.2) is 0 Å². The van der Waals surface area contributed by atoms with Crippen LogP contribution in [-0.2, 0) is 14.8 Å². The topological polar surface area (TPSA) is 105 Å². The first-order chi connectivity index (χ1) is 10.5. The highest BCUT2D eigenvalue weighted by atomic mass is 32.2. The second kappa shape index (κ2) is 8.27. The number of alkyl carbamates (subject to hydrolysis) is 1. The third-order valence-corrected chi connectivity index (χ3v) is 4.98. The van der Waals surface area contributed by atoms with E-state index < -0.39 is 21.7 Å². The van der Waals surface area contributed by atoms with E-state index in [0.29, 0.717) is 45.7 Å². The summed E-state index contributed by atoms with van der Waals surface area (Å²) in [6, 6.07) is 0.117. The fourth-order valence-corrected chi connectivity index (χ4v) is 3.33. The molecule has 0 aliphatic carbocycles. The van der Waals surface area contributed by atoms with Gasteiger partial charge in [0.1, 0.15) is 5.60 Å². The predicted octanol–water partition coefficient (Wildman–Crippen LogP) is -0.194. The lowest BCUT2D eigenvalue weighted by Crippen LogP contribution is -2.54. The summed E-state index contributed by atoms with van der Waals surface area (Å²) in [5.74, 6) is 0. The molecule has 0 aromatic carbocycles. The highest BCUT2D eigenvalue weighted by molar-refractivity contribution is 7.88. The molecular weight excluding hydrogens is 320 g/mol. The van der Waals surface area contributed by atoms with Crippen molar-refractivity contribution in [2.75, 3.05) is 45.5 Å². The molecule has 1 fully saturated rings. The molecule has 3 N–H and O–H groups in total. The van der Waals surface area contributed by atoms with Crippen LogP contribution in [0.25, 0.3) is 0 Å². The van der Waals surface area contributed by atoms with E-state index in [-0.39, 0.29) is 6.04 Å². The fraction of sp³-hybridized carbons (Fsp3) is 0.929. The van der Waals surface area contributed by atoms with Crippen LogP contribution < -0.4 is 11.1 Å². The number of sulfonamides is 1. The maximum absolute atomic E-state index is 11.6. The summed E-state index contributed by atoms with van der Waals surface area (Å²) in [5, 5.41) is 2.73. The Hall–Kier alpha value is -0.900. The van der Waals surface area contributed by atoms with E-state index in [2.05, 4.69) is 10.2 Å². The van der Waals surface area contributed by atoms with E-state index in [1.165, 1.54) is 10.6 Å². The summed E-state index contributed by atoms with van der Waals surface area (Å²) in [4.78, 5) is 13.8. The zero-order valence-corrected chi connectivity index (χ0v) is 15.4. The zero-order chi connectivity index (χ0) is 17.7. The SMILES string of the molecule is CC(C)(C)OC(=O)NCCC(CN)N1CCN(S(C)(=O)=O)CC1. The number of nitrogens with one attached hydrogen (secondary N) is 1. The van der Waals surface area contributed by atoms with Crippen LogP contribution in [0.4, 0.5) is 4.79 Å². The standard InChI is InChI=1S/C14H30N4O4S/c1-14(2,3)22-13(19)16-6-5-12(11-15)17-7-9-18(10-8-17)23(4,20)21/h12H,5-11,15H2,1-4H3,(H,16,19). The molecule has 136 valence electrons. The van der Waals surface area contributed by atoms with E-state index in [9.17, 15) is 13.2 Å². The first-order valence-electron chi connectivity index (χ1n) is 7.89. The molecule has 0 aromatic heterocycles. The molecule has 1 unspecified atom stereocenters. The van der Waals surface area contributed by atoms with Gasteiger partial charge in [-0.3, -0.25) is 4.90 Å². The van der Waals surface area contributed by atoms with Gasteiger partial charge in [0.2, 0.25) is 10.0 Å². The van der Waals surface area contributed by atoms with E-state index in [0.717, 1.165) is 0 Å². The number of nitrogens with two attached hydrogens (primary N) is 1. The van der Waals surface area contributed by atoms with Crippen LogP contribution in [0.1, 0.15) is 27.2 Å². The van der Waals surface area contributed by atoms with Gasteiger partial charge in [0.05, 0.1) is 6.26 Å². The van der Waals surface area contributed by atoms with Crippen molar-refractivity contribution in [1.82, 2.24) is 14.5 Å². The van der Waals surface area contributed by atoms with Gasteiger partial charge in [0, 0.05) is 45.3 Å². The number of nitrogens with zero attached hydrogens (tertiary/aromatic N) is 2. The lowest BCUT2D eigenvalue weighted by molar-refractivity contribution is 0.0519. The van der Waals surface area contributed by atoms with Crippen molar-refractivity contribution >= 4 is 16.1 Å². The van der Waals surface area contributed by atoms with Gasteiger partial charge in [-0.05, 0) is 27.2 Å². The molecule has 0 aromatic rings. The van der Waals surface area contributed by atoms with Crippen molar-refractivity contribution in [2.45, 2.75) is 38.8 Å². The van der Waals surface area contributed by atoms with Gasteiger partial charge in [-0.1, -0.05) is 0 Å². The van der Waals surface area contributed by atoms with Crippen molar-refractivity contribution in [3.63, 3.8) is 0 Å². The summed E-state index contributed by atoms with van der Waals surface area (Å²) in [6.45, 7) is 8.66. The molecule has 1 rings (SSSR count). The Bertz CT molecular complexity index is 481. The van der Waals surface area contributed by atoms with E-state index in [4.69, 9.17) is 10.5 Å². The molecule has 23 heavy (non-hydrogen) atoms. The third-order valence-electron chi connectivity index (χ3n) is 3.68. The van der Waals surface area contributed by atoms with Crippen LogP contribution in [0, 0.1) is 0 Å². The molecule has 1 aliphatic heterocycles. The Morgan fingerprint density at radius 3 is 2.26 bits per heavy atom. The number of piperazine rings is 1. The Labute approximate surface area is 139 Å². The van der Waals surface area contributed by atoms with Crippen molar-refractivity contribution in [3.05, 3.63) is 0 Å². The fourth-order valence-electron chi connectivity index (χ4n) is 2.50. The molecule has 0 radical (unpaired) electrons. The maximum atomic E-state index is 11.6. The quantitative estimate of drug-likeness (QED) is 0.688. The molecular formula is C14H30N4O4S. The van der Waals surface area contributed by atoms with Crippen LogP contribution in [0.2, 0.25) is 0 Å². The molecule has 1 saturated heterocycles. The maximum Gasteiger partial charge on any atom is 0.407 e. The summed E-state index contributed by atoms with van der Waals surface area (Å²) < 4.78 is 29.7. The Morgan fingerprint density at radius 1 is 1.26 bits per heavy atom. The van der Waals surface area contributed by atoms with Gasteiger partial charge < -0.3 is 15.8 Å². The molecule has 1 amide bonds. The first-order valence-corrected chi connectivity index (χ1v) is 9.74. The lowest BCUT2D eigenvalue weighted by Gasteiger charge is -2.38. The first kappa shape index (κ1) is 20.1. The van der Waals surface area contributed by atoms with Gasteiger partial charge in [-0.25, -0.2) is 13.2 Å². The summed E-state index contributed by atoms with van der Waals surface area (Å²) in [5.41, 5.74) is 5.31. The number of hydrogen-bond donors (Lipinski definition) is 2. The Morgan fingerprint density at radius 2 is 1.83 bits per heavy atom.